The van der Waals surface area contributed by atoms with E-state index in [0.717, 1.165) is 34.2 Å². The molecular formula is C14H20N4O. The minimum Gasteiger partial charge on any atom is -0.481 e. The van der Waals surface area contributed by atoms with Gasteiger partial charge in [0.05, 0.1) is 29.7 Å². The smallest absolute Gasteiger partial charge is 0.216 e. The van der Waals surface area contributed by atoms with Crippen LogP contribution in [0.25, 0.3) is 0 Å². The van der Waals surface area contributed by atoms with Gasteiger partial charge in [0.15, 0.2) is 0 Å². The monoisotopic (exact) mass is 260 g/mol. The Morgan fingerprint density at radius 1 is 1.21 bits per heavy atom. The van der Waals surface area contributed by atoms with E-state index in [1.807, 2.05) is 33.9 Å². The van der Waals surface area contributed by atoms with Gasteiger partial charge in [-0.05, 0) is 32.9 Å². The van der Waals surface area contributed by atoms with Gasteiger partial charge in [0.2, 0.25) is 5.88 Å². The lowest BCUT2D eigenvalue weighted by molar-refractivity contribution is 0.370. The van der Waals surface area contributed by atoms with Gasteiger partial charge in [-0.2, -0.15) is 5.10 Å². The number of methoxy groups -OCH3 is 1. The normalized spacial score (nSPS) is 10.6. The Bertz CT molecular complexity index is 589. The van der Waals surface area contributed by atoms with Gasteiger partial charge < -0.3 is 10.1 Å². The van der Waals surface area contributed by atoms with Crippen LogP contribution in [0.1, 0.15) is 22.6 Å². The summed E-state index contributed by atoms with van der Waals surface area (Å²) >= 11 is 0. The number of nitrogens with zero attached hydrogens (tertiary/aromatic N) is 3. The van der Waals surface area contributed by atoms with E-state index in [0.29, 0.717) is 6.54 Å². The van der Waals surface area contributed by atoms with Crippen LogP contribution in [-0.4, -0.2) is 21.9 Å². The van der Waals surface area contributed by atoms with Crippen molar-refractivity contribution in [1.82, 2.24) is 14.8 Å². The van der Waals surface area contributed by atoms with Crippen LogP contribution in [0, 0.1) is 20.8 Å². The van der Waals surface area contributed by atoms with Crippen LogP contribution in [0.5, 0.6) is 5.88 Å². The molecule has 0 spiro atoms. The fraction of sp³-hybridized carbons (Fsp3) is 0.429. The van der Waals surface area contributed by atoms with Gasteiger partial charge in [-0.25, -0.2) is 4.68 Å². The number of nitrogens with one attached hydrogen (secondary N) is 1. The van der Waals surface area contributed by atoms with Crippen molar-refractivity contribution < 1.29 is 4.74 Å². The van der Waals surface area contributed by atoms with Gasteiger partial charge in [-0.15, -0.1) is 0 Å². The van der Waals surface area contributed by atoms with Crippen LogP contribution in [-0.2, 0) is 13.6 Å². The van der Waals surface area contributed by atoms with Crippen LogP contribution in [0.2, 0.25) is 0 Å². The number of aryl methyl sites for hydroxylation is 4. The van der Waals surface area contributed by atoms with Crippen LogP contribution in [0.3, 0.4) is 0 Å². The highest BCUT2D eigenvalue weighted by Crippen LogP contribution is 2.22. The maximum atomic E-state index is 5.38. The van der Waals surface area contributed by atoms with Crippen molar-refractivity contribution in [2.24, 2.45) is 7.05 Å². The zero-order valence-corrected chi connectivity index (χ0v) is 12.1. The van der Waals surface area contributed by atoms with E-state index < -0.39 is 0 Å². The summed E-state index contributed by atoms with van der Waals surface area (Å²) in [5.41, 5.74) is 5.11. The zero-order valence-electron chi connectivity index (χ0n) is 12.1. The molecule has 0 saturated heterocycles. The number of pyridine rings is 1. The van der Waals surface area contributed by atoms with Crippen LogP contribution >= 0.6 is 0 Å². The maximum Gasteiger partial charge on any atom is 0.216 e. The molecule has 0 fully saturated rings. The third kappa shape index (κ3) is 2.70. The fourth-order valence-corrected chi connectivity index (χ4v) is 2.20. The summed E-state index contributed by atoms with van der Waals surface area (Å²) in [5.74, 6) is 0.794. The standard InChI is InChI=1S/C14H20N4O/c1-9-6-7-13(11(3)16-9)15-8-12-10(2)17-18(4)14(12)19-5/h6-7,15H,8H2,1-5H3. The van der Waals surface area contributed by atoms with E-state index in [1.54, 1.807) is 11.8 Å². The topological polar surface area (TPSA) is 52.0 Å². The van der Waals surface area contributed by atoms with E-state index in [9.17, 15) is 0 Å². The number of rotatable bonds is 4. The summed E-state index contributed by atoms with van der Waals surface area (Å²) in [6, 6.07) is 4.05. The molecule has 0 aromatic carbocycles. The first-order valence-electron chi connectivity index (χ1n) is 6.27. The molecule has 0 saturated carbocycles. The van der Waals surface area contributed by atoms with Gasteiger partial charge in [0, 0.05) is 19.3 Å². The predicted molar refractivity (Wildman–Crippen MR) is 75.5 cm³/mol. The molecule has 0 unspecified atom stereocenters. The predicted octanol–water partition coefficient (Wildman–Crippen LogP) is 2.36. The molecule has 0 aliphatic carbocycles. The Labute approximate surface area is 113 Å². The van der Waals surface area contributed by atoms with Crippen molar-refractivity contribution in [3.8, 4) is 5.88 Å². The lowest BCUT2D eigenvalue weighted by Gasteiger charge is -2.10. The molecule has 19 heavy (non-hydrogen) atoms. The van der Waals surface area contributed by atoms with E-state index in [-0.39, 0.29) is 0 Å². The van der Waals surface area contributed by atoms with Crippen molar-refractivity contribution in [3.63, 3.8) is 0 Å². The van der Waals surface area contributed by atoms with Crippen LogP contribution in [0.15, 0.2) is 12.1 Å². The number of ether oxygens (including phenoxy) is 1. The highest BCUT2D eigenvalue weighted by atomic mass is 16.5. The van der Waals surface area contributed by atoms with E-state index in [2.05, 4.69) is 21.5 Å². The number of anilines is 1. The van der Waals surface area contributed by atoms with Gasteiger partial charge in [-0.1, -0.05) is 0 Å². The molecule has 5 heteroatoms. The Balaban J connectivity index is 2.19. The summed E-state index contributed by atoms with van der Waals surface area (Å²) in [6.45, 7) is 6.65. The molecular weight excluding hydrogens is 240 g/mol. The molecule has 0 amide bonds. The number of aromatic nitrogens is 3. The number of hydrogen-bond acceptors (Lipinski definition) is 4. The largest absolute Gasteiger partial charge is 0.481 e. The van der Waals surface area contributed by atoms with Crippen LogP contribution < -0.4 is 10.1 Å². The van der Waals surface area contributed by atoms with Gasteiger partial charge in [-0.3, -0.25) is 4.98 Å². The summed E-state index contributed by atoms with van der Waals surface area (Å²) in [6.07, 6.45) is 0. The first kappa shape index (κ1) is 13.4. The summed E-state index contributed by atoms with van der Waals surface area (Å²) in [7, 11) is 3.55. The van der Waals surface area contributed by atoms with Crippen molar-refractivity contribution in [2.45, 2.75) is 27.3 Å². The molecule has 0 aliphatic heterocycles. The van der Waals surface area contributed by atoms with Crippen molar-refractivity contribution in [1.29, 1.82) is 0 Å². The SMILES string of the molecule is COc1c(CNc2ccc(C)nc2C)c(C)nn1C. The lowest BCUT2D eigenvalue weighted by Crippen LogP contribution is -2.05. The molecule has 0 bridgehead atoms. The molecule has 1 N–H and O–H groups in total. The Morgan fingerprint density at radius 3 is 2.58 bits per heavy atom. The summed E-state index contributed by atoms with van der Waals surface area (Å²) in [5, 5.41) is 7.76. The zero-order chi connectivity index (χ0) is 14.0. The Kier molecular flexibility index (Phi) is 3.74. The van der Waals surface area contributed by atoms with Crippen LogP contribution in [0.4, 0.5) is 5.69 Å². The minimum absolute atomic E-state index is 0.675. The second-order valence-corrected chi connectivity index (χ2v) is 4.64. The van der Waals surface area contributed by atoms with E-state index in [4.69, 9.17) is 4.74 Å². The quantitative estimate of drug-likeness (QED) is 0.917. The van der Waals surface area contributed by atoms with Crippen molar-refractivity contribution in [2.75, 3.05) is 12.4 Å². The molecule has 0 aliphatic rings. The average molecular weight is 260 g/mol. The fourth-order valence-electron chi connectivity index (χ4n) is 2.20. The highest BCUT2D eigenvalue weighted by Gasteiger charge is 2.13. The van der Waals surface area contributed by atoms with E-state index in [1.165, 1.54) is 0 Å². The Morgan fingerprint density at radius 2 is 1.95 bits per heavy atom. The highest BCUT2D eigenvalue weighted by molar-refractivity contribution is 5.49. The Hall–Kier alpha value is -2.04. The van der Waals surface area contributed by atoms with Gasteiger partial charge >= 0.3 is 0 Å². The molecule has 2 heterocycles. The van der Waals surface area contributed by atoms with Gasteiger partial charge in [0.1, 0.15) is 0 Å². The molecule has 0 atom stereocenters. The maximum absolute atomic E-state index is 5.38. The first-order valence-corrected chi connectivity index (χ1v) is 6.27. The molecule has 102 valence electrons. The third-order valence-corrected chi connectivity index (χ3v) is 3.16. The molecule has 5 nitrogen and oxygen atoms in total. The second kappa shape index (κ2) is 5.30. The van der Waals surface area contributed by atoms with Gasteiger partial charge in [0.25, 0.3) is 0 Å². The van der Waals surface area contributed by atoms with Crippen molar-refractivity contribution >= 4 is 5.69 Å². The third-order valence-electron chi connectivity index (χ3n) is 3.16. The average Bonchev–Trinajstić information content (AvgIpc) is 2.62. The van der Waals surface area contributed by atoms with E-state index >= 15 is 0 Å². The minimum atomic E-state index is 0.675. The second-order valence-electron chi connectivity index (χ2n) is 4.64. The molecule has 2 aromatic heterocycles. The number of hydrogen-bond donors (Lipinski definition) is 1. The summed E-state index contributed by atoms with van der Waals surface area (Å²) in [4.78, 5) is 4.44. The lowest BCUT2D eigenvalue weighted by atomic mass is 10.2. The molecule has 0 radical (unpaired) electrons. The summed E-state index contributed by atoms with van der Waals surface area (Å²) < 4.78 is 7.14. The van der Waals surface area contributed by atoms with Crippen molar-refractivity contribution in [3.05, 3.63) is 34.8 Å². The first-order chi connectivity index (χ1) is 9.02. The molecule has 2 aromatic rings. The molecule has 2 rings (SSSR count).